The van der Waals surface area contributed by atoms with Crippen molar-refractivity contribution in [3.05, 3.63) is 53.8 Å². The molecule has 0 spiro atoms. The Balaban J connectivity index is 1.77. The SMILES string of the molecule is N#C/C(N)=C/C=C(\N)N1CC[C@@H](Nc2c(C(N)=O)cnn3cccc23)[C@@H](F)C1. The van der Waals surface area contributed by atoms with Crippen molar-refractivity contribution in [2.24, 2.45) is 17.2 Å². The van der Waals surface area contributed by atoms with Crippen molar-refractivity contribution < 1.29 is 9.18 Å². The summed E-state index contributed by atoms with van der Waals surface area (Å²) in [5.41, 5.74) is 18.1. The smallest absolute Gasteiger partial charge is 0.252 e. The normalized spacial score (nSPS) is 20.8. The lowest BCUT2D eigenvalue weighted by molar-refractivity contribution is 0.1000. The van der Waals surface area contributed by atoms with E-state index in [1.54, 1.807) is 33.8 Å². The third-order valence-electron chi connectivity index (χ3n) is 4.63. The van der Waals surface area contributed by atoms with E-state index in [9.17, 15) is 9.18 Å². The Morgan fingerprint density at radius 1 is 1.39 bits per heavy atom. The molecule has 1 saturated heterocycles. The van der Waals surface area contributed by atoms with E-state index in [1.165, 1.54) is 18.3 Å². The fraction of sp³-hybridized carbons (Fsp3) is 0.278. The summed E-state index contributed by atoms with van der Waals surface area (Å²) in [4.78, 5) is 13.5. The number of allylic oxidation sites excluding steroid dienone is 3. The number of carbonyl (C=O) groups is 1. The molecule has 0 bridgehead atoms. The van der Waals surface area contributed by atoms with Crippen LogP contribution >= 0.6 is 0 Å². The Morgan fingerprint density at radius 3 is 2.86 bits per heavy atom. The fourth-order valence-electron chi connectivity index (χ4n) is 3.14. The molecule has 0 aromatic carbocycles. The first-order valence-corrected chi connectivity index (χ1v) is 8.65. The molecule has 3 rings (SSSR count). The highest BCUT2D eigenvalue weighted by Crippen LogP contribution is 2.26. The van der Waals surface area contributed by atoms with Crippen LogP contribution in [0.4, 0.5) is 10.1 Å². The van der Waals surface area contributed by atoms with Gasteiger partial charge in [-0.2, -0.15) is 10.4 Å². The summed E-state index contributed by atoms with van der Waals surface area (Å²) >= 11 is 0. The number of nitrogens with one attached hydrogen (secondary N) is 1. The van der Waals surface area contributed by atoms with E-state index in [4.69, 9.17) is 22.5 Å². The second-order valence-electron chi connectivity index (χ2n) is 6.46. The van der Waals surface area contributed by atoms with Crippen molar-refractivity contribution in [1.29, 1.82) is 5.26 Å². The summed E-state index contributed by atoms with van der Waals surface area (Å²) in [7, 11) is 0. The van der Waals surface area contributed by atoms with E-state index in [0.29, 0.717) is 30.0 Å². The molecule has 28 heavy (non-hydrogen) atoms. The van der Waals surface area contributed by atoms with Crippen LogP contribution in [-0.2, 0) is 0 Å². The Morgan fingerprint density at radius 2 is 2.18 bits per heavy atom. The number of hydrogen-bond donors (Lipinski definition) is 4. The maximum atomic E-state index is 14.8. The lowest BCUT2D eigenvalue weighted by atomic mass is 10.0. The molecule has 3 heterocycles. The molecule has 0 unspecified atom stereocenters. The van der Waals surface area contributed by atoms with Crippen LogP contribution in [0.15, 0.2) is 48.2 Å². The molecule has 2 aromatic heterocycles. The number of carbonyl (C=O) groups excluding carboxylic acids is 1. The molecule has 2 atom stereocenters. The van der Waals surface area contributed by atoms with Gasteiger partial charge in [0.1, 0.15) is 17.9 Å². The van der Waals surface area contributed by atoms with Crippen molar-refractivity contribution in [3.8, 4) is 6.07 Å². The zero-order valence-electron chi connectivity index (χ0n) is 15.0. The molecule has 7 N–H and O–H groups in total. The standard InChI is InChI=1S/C18H21FN8O/c19-13-10-26(16(22)4-3-11(21)8-20)7-5-14(13)25-17-12(18(23)28)9-24-27-6-1-2-15(17)27/h1-4,6,9,13-14,25H,5,7,10,21-22H2,(H2,23,28)/b11-3-,16-4+/t13-,14+/m0/s1. The van der Waals surface area contributed by atoms with Crippen LogP contribution in [0.3, 0.4) is 0 Å². The van der Waals surface area contributed by atoms with Gasteiger partial charge in [0, 0.05) is 12.7 Å². The number of aromatic nitrogens is 2. The van der Waals surface area contributed by atoms with Crippen LogP contribution in [-0.4, -0.2) is 45.7 Å². The molecule has 0 aliphatic carbocycles. The first-order chi connectivity index (χ1) is 13.4. The number of primary amides is 1. The highest BCUT2D eigenvalue weighted by Gasteiger charge is 2.31. The summed E-state index contributed by atoms with van der Waals surface area (Å²) in [6.45, 7) is 0.559. The van der Waals surface area contributed by atoms with Gasteiger partial charge in [-0.05, 0) is 30.7 Å². The number of alkyl halides is 1. The highest BCUT2D eigenvalue weighted by atomic mass is 19.1. The zero-order valence-corrected chi connectivity index (χ0v) is 15.0. The van der Waals surface area contributed by atoms with Crippen LogP contribution in [0.2, 0.25) is 0 Å². The van der Waals surface area contributed by atoms with Crippen molar-refractivity contribution in [2.45, 2.75) is 18.6 Å². The highest BCUT2D eigenvalue weighted by molar-refractivity contribution is 6.01. The minimum atomic E-state index is -1.25. The molecule has 0 saturated carbocycles. The lowest BCUT2D eigenvalue weighted by Gasteiger charge is -2.37. The summed E-state index contributed by atoms with van der Waals surface area (Å²) < 4.78 is 16.4. The second kappa shape index (κ2) is 7.87. The molecular formula is C18H21FN8O. The second-order valence-corrected chi connectivity index (χ2v) is 6.46. The number of likely N-dealkylation sites (tertiary alicyclic amines) is 1. The number of anilines is 1. The molecule has 1 amide bonds. The third-order valence-corrected chi connectivity index (χ3v) is 4.63. The van der Waals surface area contributed by atoms with Crippen molar-refractivity contribution in [2.75, 3.05) is 18.4 Å². The van der Waals surface area contributed by atoms with Crippen molar-refractivity contribution in [1.82, 2.24) is 14.5 Å². The van der Waals surface area contributed by atoms with Crippen LogP contribution < -0.4 is 22.5 Å². The Kier molecular flexibility index (Phi) is 5.35. The maximum Gasteiger partial charge on any atom is 0.252 e. The van der Waals surface area contributed by atoms with E-state index >= 15 is 0 Å². The minimum Gasteiger partial charge on any atom is -0.390 e. The van der Waals surface area contributed by atoms with Gasteiger partial charge < -0.3 is 27.4 Å². The van der Waals surface area contributed by atoms with Gasteiger partial charge in [0.25, 0.3) is 5.91 Å². The van der Waals surface area contributed by atoms with Crippen LogP contribution in [0.5, 0.6) is 0 Å². The molecule has 1 aliphatic rings. The number of rotatable bonds is 5. The summed E-state index contributed by atoms with van der Waals surface area (Å²) in [6.07, 6.45) is 5.16. The van der Waals surface area contributed by atoms with Crippen LogP contribution in [0, 0.1) is 11.3 Å². The number of hydrogen-bond acceptors (Lipinski definition) is 7. The molecule has 0 radical (unpaired) electrons. The fourth-order valence-corrected chi connectivity index (χ4v) is 3.14. The Hall–Kier alpha value is -3.74. The van der Waals surface area contributed by atoms with E-state index in [0.717, 1.165) is 0 Å². The number of nitrogens with two attached hydrogens (primary N) is 3. The summed E-state index contributed by atoms with van der Waals surface area (Å²) in [5, 5.41) is 15.9. The number of nitrogens with zero attached hydrogens (tertiary/aromatic N) is 4. The first kappa shape index (κ1) is 19.0. The van der Waals surface area contributed by atoms with Crippen LogP contribution in [0.25, 0.3) is 5.52 Å². The quantitative estimate of drug-likeness (QED) is 0.431. The van der Waals surface area contributed by atoms with E-state index in [-0.39, 0.29) is 17.8 Å². The van der Waals surface area contributed by atoms with Gasteiger partial charge in [-0.1, -0.05) is 0 Å². The van der Waals surface area contributed by atoms with Crippen molar-refractivity contribution in [3.63, 3.8) is 0 Å². The number of amides is 1. The zero-order chi connectivity index (χ0) is 20.3. The van der Waals surface area contributed by atoms with Gasteiger partial charge in [0.05, 0.1) is 41.4 Å². The largest absolute Gasteiger partial charge is 0.390 e. The Bertz CT molecular complexity index is 989. The molecule has 146 valence electrons. The molecule has 1 aliphatic heterocycles. The molecular weight excluding hydrogens is 363 g/mol. The van der Waals surface area contributed by atoms with Gasteiger partial charge in [-0.15, -0.1) is 0 Å². The van der Waals surface area contributed by atoms with Gasteiger partial charge >= 0.3 is 0 Å². The first-order valence-electron chi connectivity index (χ1n) is 8.65. The average molecular weight is 384 g/mol. The number of piperidine rings is 1. The van der Waals surface area contributed by atoms with Crippen LogP contribution in [0.1, 0.15) is 16.8 Å². The number of fused-ring (bicyclic) bond motifs is 1. The number of halogens is 1. The van der Waals surface area contributed by atoms with Gasteiger partial charge in [-0.3, -0.25) is 4.79 Å². The third kappa shape index (κ3) is 3.83. The summed E-state index contributed by atoms with van der Waals surface area (Å²) in [6, 6.07) is 4.81. The molecule has 9 nitrogen and oxygen atoms in total. The average Bonchev–Trinajstić information content (AvgIpc) is 3.16. The van der Waals surface area contributed by atoms with Gasteiger partial charge in [0.15, 0.2) is 0 Å². The predicted octanol–water partition coefficient (Wildman–Crippen LogP) is 0.424. The van der Waals surface area contributed by atoms with E-state index in [2.05, 4.69) is 10.4 Å². The summed E-state index contributed by atoms with van der Waals surface area (Å²) in [5.74, 6) is -0.310. The monoisotopic (exact) mass is 384 g/mol. The minimum absolute atomic E-state index is 0.0178. The maximum absolute atomic E-state index is 14.8. The van der Waals surface area contributed by atoms with Gasteiger partial charge in [-0.25, -0.2) is 8.91 Å². The Labute approximate surface area is 160 Å². The molecule has 10 heteroatoms. The van der Waals surface area contributed by atoms with E-state index in [1.807, 2.05) is 0 Å². The van der Waals surface area contributed by atoms with E-state index < -0.39 is 18.1 Å². The molecule has 2 aromatic rings. The number of nitriles is 1. The van der Waals surface area contributed by atoms with Gasteiger partial charge in [0.2, 0.25) is 0 Å². The van der Waals surface area contributed by atoms with Crippen molar-refractivity contribution >= 4 is 17.1 Å². The topological polar surface area (TPSA) is 151 Å². The predicted molar refractivity (Wildman–Crippen MR) is 102 cm³/mol. The lowest BCUT2D eigenvalue weighted by Crippen LogP contribution is -2.48. The molecule has 1 fully saturated rings.